The Morgan fingerprint density at radius 2 is 2.24 bits per heavy atom. The predicted molar refractivity (Wildman–Crippen MR) is 81.0 cm³/mol. The van der Waals surface area contributed by atoms with Gasteiger partial charge in [0.15, 0.2) is 5.03 Å². The van der Waals surface area contributed by atoms with Crippen LogP contribution in [0.1, 0.15) is 12.5 Å². The van der Waals surface area contributed by atoms with Crippen molar-refractivity contribution in [3.05, 3.63) is 42.1 Å². The number of nitrogens with two attached hydrogens (primary N) is 1. The van der Waals surface area contributed by atoms with Crippen LogP contribution in [0, 0.1) is 5.82 Å². The molecule has 0 aliphatic carbocycles. The lowest BCUT2D eigenvalue weighted by atomic mass is 10.2. The predicted octanol–water partition coefficient (Wildman–Crippen LogP) is 1.48. The molecule has 0 spiro atoms. The molecule has 1 aromatic heterocycles. The lowest BCUT2D eigenvalue weighted by molar-refractivity contribution is 0.597. The van der Waals surface area contributed by atoms with Gasteiger partial charge < -0.3 is 10.3 Å². The Morgan fingerprint density at radius 3 is 2.81 bits per heavy atom. The molecule has 1 heterocycles. The third-order valence-electron chi connectivity index (χ3n) is 2.74. The summed E-state index contributed by atoms with van der Waals surface area (Å²) in [6, 6.07) is 3.45. The number of anilines is 1. The van der Waals surface area contributed by atoms with Crippen molar-refractivity contribution in [2.45, 2.75) is 18.5 Å². The smallest absolute Gasteiger partial charge is 0.280 e. The van der Waals surface area contributed by atoms with Crippen molar-refractivity contribution < 1.29 is 12.8 Å². The molecule has 0 fully saturated rings. The van der Waals surface area contributed by atoms with Gasteiger partial charge in [0.05, 0.1) is 12.0 Å². The van der Waals surface area contributed by atoms with E-state index in [2.05, 4.69) is 9.71 Å². The first-order valence-electron chi connectivity index (χ1n) is 5.97. The summed E-state index contributed by atoms with van der Waals surface area (Å²) in [6.45, 7) is 2.45. The summed E-state index contributed by atoms with van der Waals surface area (Å²) in [6.07, 6.45) is 2.81. The van der Waals surface area contributed by atoms with E-state index < -0.39 is 15.8 Å². The maximum Gasteiger partial charge on any atom is 0.280 e. The van der Waals surface area contributed by atoms with Crippen molar-refractivity contribution in [1.29, 1.82) is 0 Å². The molecule has 6 nitrogen and oxygen atoms in total. The topological polar surface area (TPSA) is 90.0 Å². The second-order valence-electron chi connectivity index (χ2n) is 4.20. The molecule has 0 atom stereocenters. The highest BCUT2D eigenvalue weighted by Crippen LogP contribution is 2.20. The van der Waals surface area contributed by atoms with E-state index in [9.17, 15) is 12.8 Å². The second-order valence-corrected chi connectivity index (χ2v) is 6.27. The van der Waals surface area contributed by atoms with Gasteiger partial charge in [-0.2, -0.15) is 8.42 Å². The molecule has 1 aromatic carbocycles. The zero-order chi connectivity index (χ0) is 15.6. The van der Waals surface area contributed by atoms with E-state index >= 15 is 0 Å². The zero-order valence-corrected chi connectivity index (χ0v) is 12.7. The molecule has 21 heavy (non-hydrogen) atoms. The average Bonchev–Trinajstić information content (AvgIpc) is 2.90. The highest BCUT2D eigenvalue weighted by molar-refractivity contribution is 7.92. The van der Waals surface area contributed by atoms with Crippen molar-refractivity contribution >= 4 is 32.9 Å². The van der Waals surface area contributed by atoms with E-state index in [1.165, 1.54) is 18.6 Å². The number of hydrogen-bond acceptors (Lipinski definition) is 4. The maximum absolute atomic E-state index is 13.2. The van der Waals surface area contributed by atoms with Gasteiger partial charge in [-0.1, -0.05) is 12.2 Å². The Labute approximate surface area is 126 Å². The fourth-order valence-corrected chi connectivity index (χ4v) is 2.86. The van der Waals surface area contributed by atoms with Crippen molar-refractivity contribution in [3.63, 3.8) is 0 Å². The molecule has 2 aromatic rings. The quantitative estimate of drug-likeness (QED) is 0.811. The first kappa shape index (κ1) is 15.4. The number of halogens is 1. The number of nitrogens with zero attached hydrogens (tertiary/aromatic N) is 2. The van der Waals surface area contributed by atoms with Crippen LogP contribution in [0.15, 0.2) is 35.7 Å². The molecule has 112 valence electrons. The summed E-state index contributed by atoms with van der Waals surface area (Å²) >= 11 is 4.79. The SMILES string of the molecule is CCn1cnc(S(=O)(=O)Nc2ccc(F)cc2C(N)=S)c1. The number of hydrogen-bond donors (Lipinski definition) is 2. The van der Waals surface area contributed by atoms with Gasteiger partial charge in [0, 0.05) is 18.3 Å². The lowest BCUT2D eigenvalue weighted by Crippen LogP contribution is -2.18. The van der Waals surface area contributed by atoms with E-state index in [0.717, 1.165) is 12.1 Å². The van der Waals surface area contributed by atoms with E-state index in [4.69, 9.17) is 18.0 Å². The Bertz CT molecular complexity index is 786. The summed E-state index contributed by atoms with van der Waals surface area (Å²) in [7, 11) is -3.89. The molecule has 0 aliphatic rings. The molecule has 0 aliphatic heterocycles. The molecule has 9 heteroatoms. The van der Waals surface area contributed by atoms with Gasteiger partial charge in [-0.25, -0.2) is 9.37 Å². The highest BCUT2D eigenvalue weighted by Gasteiger charge is 2.19. The molecule has 0 saturated carbocycles. The van der Waals surface area contributed by atoms with Crippen molar-refractivity contribution in [1.82, 2.24) is 9.55 Å². The molecule has 0 amide bonds. The number of benzene rings is 1. The minimum absolute atomic E-state index is 0.105. The number of imidazole rings is 1. The Morgan fingerprint density at radius 1 is 1.52 bits per heavy atom. The van der Waals surface area contributed by atoms with Crippen LogP contribution in [-0.2, 0) is 16.6 Å². The van der Waals surface area contributed by atoms with Gasteiger partial charge >= 0.3 is 0 Å². The molecular formula is C12H13FN4O2S2. The van der Waals surface area contributed by atoms with Crippen LogP contribution < -0.4 is 10.5 Å². The minimum Gasteiger partial charge on any atom is -0.389 e. The third kappa shape index (κ3) is 3.37. The number of sulfonamides is 1. The first-order valence-corrected chi connectivity index (χ1v) is 7.86. The summed E-state index contributed by atoms with van der Waals surface area (Å²) in [5.41, 5.74) is 5.70. The van der Waals surface area contributed by atoms with Gasteiger partial charge in [0.1, 0.15) is 10.8 Å². The number of aromatic nitrogens is 2. The van der Waals surface area contributed by atoms with E-state index in [0.29, 0.717) is 6.54 Å². The van der Waals surface area contributed by atoms with Crippen LogP contribution in [0.4, 0.5) is 10.1 Å². The number of aryl methyl sites for hydroxylation is 1. The molecular weight excluding hydrogens is 315 g/mol. The molecule has 2 rings (SSSR count). The Hall–Kier alpha value is -2.00. The van der Waals surface area contributed by atoms with Gasteiger partial charge in [-0.15, -0.1) is 0 Å². The third-order valence-corrected chi connectivity index (χ3v) is 4.21. The maximum atomic E-state index is 13.2. The van der Waals surface area contributed by atoms with Crippen LogP contribution in [0.3, 0.4) is 0 Å². The largest absolute Gasteiger partial charge is 0.389 e. The zero-order valence-electron chi connectivity index (χ0n) is 11.1. The summed E-state index contributed by atoms with van der Waals surface area (Å²) in [5.74, 6) is -0.559. The fourth-order valence-electron chi connectivity index (χ4n) is 1.66. The van der Waals surface area contributed by atoms with Gasteiger partial charge in [-0.3, -0.25) is 4.72 Å². The lowest BCUT2D eigenvalue weighted by Gasteiger charge is -2.10. The number of thiocarbonyl (C=S) groups is 1. The monoisotopic (exact) mass is 328 g/mol. The molecule has 3 N–H and O–H groups in total. The molecule has 0 unspecified atom stereocenters. The summed E-state index contributed by atoms with van der Waals surface area (Å²) in [5, 5.41) is -0.137. The van der Waals surface area contributed by atoms with Crippen LogP contribution >= 0.6 is 12.2 Å². The van der Waals surface area contributed by atoms with E-state index in [1.807, 2.05) is 6.92 Å². The van der Waals surface area contributed by atoms with Crippen LogP contribution in [0.25, 0.3) is 0 Å². The van der Waals surface area contributed by atoms with E-state index in [-0.39, 0.29) is 21.3 Å². The van der Waals surface area contributed by atoms with Crippen LogP contribution in [0.5, 0.6) is 0 Å². The van der Waals surface area contributed by atoms with Gasteiger partial charge in [-0.05, 0) is 25.1 Å². The Kier molecular flexibility index (Phi) is 4.24. The van der Waals surface area contributed by atoms with Crippen LogP contribution in [-0.4, -0.2) is 23.0 Å². The van der Waals surface area contributed by atoms with Gasteiger partial charge in [0.2, 0.25) is 0 Å². The van der Waals surface area contributed by atoms with Crippen molar-refractivity contribution in [2.24, 2.45) is 5.73 Å². The normalized spacial score (nSPS) is 11.3. The van der Waals surface area contributed by atoms with Crippen molar-refractivity contribution in [3.8, 4) is 0 Å². The first-order chi connectivity index (χ1) is 9.83. The second kappa shape index (κ2) is 5.78. The number of rotatable bonds is 5. The van der Waals surface area contributed by atoms with Gasteiger partial charge in [0.25, 0.3) is 10.0 Å². The van der Waals surface area contributed by atoms with Crippen LogP contribution in [0.2, 0.25) is 0 Å². The molecule has 0 saturated heterocycles. The van der Waals surface area contributed by atoms with Crippen molar-refractivity contribution in [2.75, 3.05) is 4.72 Å². The highest BCUT2D eigenvalue weighted by atomic mass is 32.2. The van der Waals surface area contributed by atoms with E-state index in [1.54, 1.807) is 4.57 Å². The molecule has 0 bridgehead atoms. The number of nitrogens with one attached hydrogen (secondary N) is 1. The minimum atomic E-state index is -3.89. The summed E-state index contributed by atoms with van der Waals surface area (Å²) in [4.78, 5) is 3.72. The summed E-state index contributed by atoms with van der Waals surface area (Å²) < 4.78 is 41.6. The fraction of sp³-hybridized carbons (Fsp3) is 0.167. The Balaban J connectivity index is 2.39. The standard InChI is InChI=1S/C12H13FN4O2S2/c1-2-17-6-11(15-7-17)21(18,19)16-10-4-3-8(13)5-9(10)12(14)20/h3-7,16H,2H2,1H3,(H2,14,20). The molecule has 0 radical (unpaired) electrons. The average molecular weight is 328 g/mol.